The number of hydrogen-bond acceptors (Lipinski definition) is 3. The van der Waals surface area contributed by atoms with Crippen molar-refractivity contribution in [3.8, 4) is 0 Å². The molecule has 0 aliphatic heterocycles. The molecule has 1 unspecified atom stereocenters. The Bertz CT molecular complexity index is 336. The highest BCUT2D eigenvalue weighted by atomic mass is 16.5. The third-order valence-electron chi connectivity index (χ3n) is 2.62. The molecule has 0 saturated carbocycles. The Hall–Kier alpha value is -1.39. The SMILES string of the molecule is CC.CCOC(CCNC(=O)c1ccccc1)CNC. The van der Waals surface area contributed by atoms with E-state index >= 15 is 0 Å². The van der Waals surface area contributed by atoms with Gasteiger partial charge in [0, 0.05) is 25.3 Å². The summed E-state index contributed by atoms with van der Waals surface area (Å²) in [6, 6.07) is 9.23. The van der Waals surface area contributed by atoms with Gasteiger partial charge in [0.25, 0.3) is 5.91 Å². The Balaban J connectivity index is 0.00000172. The van der Waals surface area contributed by atoms with Crippen molar-refractivity contribution in [2.75, 3.05) is 26.7 Å². The van der Waals surface area contributed by atoms with E-state index in [4.69, 9.17) is 4.74 Å². The standard InChI is InChI=1S/C14H22N2O2.C2H6/c1-3-18-13(11-15-2)9-10-16-14(17)12-7-5-4-6-8-12;1-2/h4-8,13,15H,3,9-11H2,1-2H3,(H,16,17);1-2H3. The van der Waals surface area contributed by atoms with Crippen LogP contribution in [0.3, 0.4) is 0 Å². The lowest BCUT2D eigenvalue weighted by Gasteiger charge is -2.16. The predicted molar refractivity (Wildman–Crippen MR) is 84.1 cm³/mol. The molecule has 114 valence electrons. The number of ether oxygens (including phenoxy) is 1. The average Bonchev–Trinajstić information content (AvgIpc) is 2.50. The number of hydrogen-bond donors (Lipinski definition) is 2. The maximum Gasteiger partial charge on any atom is 0.251 e. The summed E-state index contributed by atoms with van der Waals surface area (Å²) in [4.78, 5) is 11.8. The van der Waals surface area contributed by atoms with Crippen LogP contribution in [0, 0.1) is 0 Å². The van der Waals surface area contributed by atoms with Crippen LogP contribution in [0.5, 0.6) is 0 Å². The first kappa shape index (κ1) is 18.6. The Morgan fingerprint density at radius 3 is 2.45 bits per heavy atom. The van der Waals surface area contributed by atoms with Gasteiger partial charge in [-0.1, -0.05) is 32.0 Å². The Morgan fingerprint density at radius 1 is 1.25 bits per heavy atom. The molecule has 1 aromatic carbocycles. The predicted octanol–water partition coefficient (Wildman–Crippen LogP) is 2.46. The van der Waals surface area contributed by atoms with Gasteiger partial charge >= 0.3 is 0 Å². The van der Waals surface area contributed by atoms with E-state index in [1.54, 1.807) is 0 Å². The third kappa shape index (κ3) is 7.92. The summed E-state index contributed by atoms with van der Waals surface area (Å²) in [5.41, 5.74) is 0.694. The maximum atomic E-state index is 11.8. The van der Waals surface area contributed by atoms with Crippen molar-refractivity contribution in [2.45, 2.75) is 33.3 Å². The molecule has 0 aliphatic rings. The number of amides is 1. The van der Waals surface area contributed by atoms with Crippen molar-refractivity contribution < 1.29 is 9.53 Å². The van der Waals surface area contributed by atoms with Crippen molar-refractivity contribution in [3.63, 3.8) is 0 Å². The van der Waals surface area contributed by atoms with Crippen LogP contribution in [0.1, 0.15) is 37.6 Å². The molecule has 2 N–H and O–H groups in total. The van der Waals surface area contributed by atoms with Crippen molar-refractivity contribution in [1.82, 2.24) is 10.6 Å². The summed E-state index contributed by atoms with van der Waals surface area (Å²) in [6.07, 6.45) is 0.962. The van der Waals surface area contributed by atoms with Crippen LogP contribution in [0.25, 0.3) is 0 Å². The van der Waals surface area contributed by atoms with Crippen LogP contribution in [0.2, 0.25) is 0 Å². The lowest BCUT2D eigenvalue weighted by Crippen LogP contribution is -2.32. The normalized spacial score (nSPS) is 11.2. The molecule has 0 aliphatic carbocycles. The molecule has 0 heterocycles. The van der Waals surface area contributed by atoms with Crippen LogP contribution in [-0.4, -0.2) is 38.8 Å². The number of benzene rings is 1. The van der Waals surface area contributed by atoms with Crippen LogP contribution in [0.4, 0.5) is 0 Å². The maximum absolute atomic E-state index is 11.8. The van der Waals surface area contributed by atoms with Gasteiger partial charge in [-0.2, -0.15) is 0 Å². The fourth-order valence-electron chi connectivity index (χ4n) is 1.75. The fraction of sp³-hybridized carbons (Fsp3) is 0.562. The van der Waals surface area contributed by atoms with Crippen molar-refractivity contribution >= 4 is 5.91 Å². The van der Waals surface area contributed by atoms with E-state index in [1.165, 1.54) is 0 Å². The minimum absolute atomic E-state index is 0.0321. The van der Waals surface area contributed by atoms with Crippen LogP contribution in [-0.2, 0) is 4.74 Å². The van der Waals surface area contributed by atoms with E-state index in [9.17, 15) is 4.79 Å². The highest BCUT2D eigenvalue weighted by Gasteiger charge is 2.08. The summed E-state index contributed by atoms with van der Waals surface area (Å²) in [6.45, 7) is 8.10. The zero-order valence-electron chi connectivity index (χ0n) is 13.1. The quantitative estimate of drug-likeness (QED) is 0.769. The molecule has 4 heteroatoms. The lowest BCUT2D eigenvalue weighted by molar-refractivity contribution is 0.0576. The van der Waals surface area contributed by atoms with Gasteiger partial charge in [-0.15, -0.1) is 0 Å². The third-order valence-corrected chi connectivity index (χ3v) is 2.62. The largest absolute Gasteiger partial charge is 0.377 e. The first-order chi connectivity index (χ1) is 9.77. The van der Waals surface area contributed by atoms with E-state index in [-0.39, 0.29) is 12.0 Å². The van der Waals surface area contributed by atoms with Crippen LogP contribution >= 0.6 is 0 Å². The summed E-state index contributed by atoms with van der Waals surface area (Å²) >= 11 is 0. The van der Waals surface area contributed by atoms with Gasteiger partial charge in [0.15, 0.2) is 0 Å². The van der Waals surface area contributed by atoms with Gasteiger partial charge in [-0.05, 0) is 32.5 Å². The van der Waals surface area contributed by atoms with E-state index < -0.39 is 0 Å². The van der Waals surface area contributed by atoms with Gasteiger partial charge in [0.2, 0.25) is 0 Å². The summed E-state index contributed by atoms with van der Waals surface area (Å²) < 4.78 is 5.56. The molecule has 0 spiro atoms. The molecule has 0 fully saturated rings. The minimum Gasteiger partial charge on any atom is -0.377 e. The number of carbonyl (C=O) groups is 1. The molecule has 0 bridgehead atoms. The van der Waals surface area contributed by atoms with E-state index in [2.05, 4.69) is 10.6 Å². The van der Waals surface area contributed by atoms with Crippen molar-refractivity contribution in [1.29, 1.82) is 0 Å². The molecular weight excluding hydrogens is 252 g/mol. The molecule has 1 rings (SSSR count). The smallest absolute Gasteiger partial charge is 0.251 e. The molecule has 1 amide bonds. The monoisotopic (exact) mass is 280 g/mol. The number of likely N-dealkylation sites (N-methyl/N-ethyl adjacent to an activating group) is 1. The van der Waals surface area contributed by atoms with Gasteiger partial charge in [-0.25, -0.2) is 0 Å². The summed E-state index contributed by atoms with van der Waals surface area (Å²) in [7, 11) is 1.90. The second-order valence-corrected chi connectivity index (χ2v) is 4.05. The summed E-state index contributed by atoms with van der Waals surface area (Å²) in [5.74, 6) is -0.0321. The van der Waals surface area contributed by atoms with Gasteiger partial charge in [0.1, 0.15) is 0 Å². The second-order valence-electron chi connectivity index (χ2n) is 4.05. The van der Waals surface area contributed by atoms with E-state index in [0.717, 1.165) is 13.0 Å². The lowest BCUT2D eigenvalue weighted by atomic mass is 10.2. The average molecular weight is 280 g/mol. The summed E-state index contributed by atoms with van der Waals surface area (Å²) in [5, 5.41) is 5.98. The van der Waals surface area contributed by atoms with Crippen LogP contribution < -0.4 is 10.6 Å². The molecule has 1 atom stereocenters. The Morgan fingerprint density at radius 2 is 1.90 bits per heavy atom. The molecule has 4 nitrogen and oxygen atoms in total. The number of rotatable bonds is 8. The molecule has 0 aromatic heterocycles. The van der Waals surface area contributed by atoms with Crippen LogP contribution in [0.15, 0.2) is 30.3 Å². The molecular formula is C16H28N2O2. The first-order valence-corrected chi connectivity index (χ1v) is 7.37. The highest BCUT2D eigenvalue weighted by molar-refractivity contribution is 5.94. The van der Waals surface area contributed by atoms with Gasteiger partial charge in [-0.3, -0.25) is 4.79 Å². The minimum atomic E-state index is -0.0321. The second kappa shape index (κ2) is 12.6. The zero-order valence-corrected chi connectivity index (χ0v) is 13.1. The Kier molecular flexibility index (Phi) is 11.8. The van der Waals surface area contributed by atoms with Crippen molar-refractivity contribution in [3.05, 3.63) is 35.9 Å². The Labute approximate surface area is 122 Å². The van der Waals surface area contributed by atoms with E-state index in [1.807, 2.05) is 58.2 Å². The van der Waals surface area contributed by atoms with Gasteiger partial charge < -0.3 is 15.4 Å². The zero-order chi connectivity index (χ0) is 15.2. The number of nitrogens with one attached hydrogen (secondary N) is 2. The fourth-order valence-corrected chi connectivity index (χ4v) is 1.75. The molecule has 0 saturated heterocycles. The topological polar surface area (TPSA) is 50.4 Å². The highest BCUT2D eigenvalue weighted by Crippen LogP contribution is 1.99. The van der Waals surface area contributed by atoms with Crippen molar-refractivity contribution in [2.24, 2.45) is 0 Å². The van der Waals surface area contributed by atoms with E-state index in [0.29, 0.717) is 18.7 Å². The number of carbonyl (C=O) groups excluding carboxylic acids is 1. The molecule has 1 aromatic rings. The molecule has 20 heavy (non-hydrogen) atoms. The van der Waals surface area contributed by atoms with Gasteiger partial charge in [0.05, 0.1) is 6.10 Å². The molecule has 0 radical (unpaired) electrons. The first-order valence-electron chi connectivity index (χ1n) is 7.37.